The number of halogens is 5. The second-order valence-electron chi connectivity index (χ2n) is 5.52. The first-order valence-electron chi connectivity index (χ1n) is 7.67. The van der Waals surface area contributed by atoms with Crippen molar-refractivity contribution in [1.29, 1.82) is 0 Å². The van der Waals surface area contributed by atoms with Crippen LogP contribution >= 0.6 is 35.6 Å². The summed E-state index contributed by atoms with van der Waals surface area (Å²) in [5.41, 5.74) is 0.945. The van der Waals surface area contributed by atoms with E-state index < -0.39 is 18.6 Å². The highest BCUT2D eigenvalue weighted by molar-refractivity contribution is 14.0. The highest BCUT2D eigenvalue weighted by Crippen LogP contribution is 2.15. The summed E-state index contributed by atoms with van der Waals surface area (Å²) < 4.78 is 37.0. The van der Waals surface area contributed by atoms with Gasteiger partial charge in [-0.2, -0.15) is 13.2 Å². The Kier molecular flexibility index (Phi) is 10.9. The zero-order valence-corrected chi connectivity index (χ0v) is 17.9. The van der Waals surface area contributed by atoms with Crippen molar-refractivity contribution in [3.63, 3.8) is 0 Å². The van der Waals surface area contributed by atoms with Crippen LogP contribution in [0.25, 0.3) is 0 Å². The first-order chi connectivity index (χ1) is 11.6. The minimum Gasteiger partial charge on any atom is -0.357 e. The molecule has 1 amide bonds. The Labute approximate surface area is 173 Å². The van der Waals surface area contributed by atoms with E-state index in [1.165, 1.54) is 0 Å². The second kappa shape index (κ2) is 11.5. The van der Waals surface area contributed by atoms with Crippen molar-refractivity contribution in [2.45, 2.75) is 19.6 Å². The van der Waals surface area contributed by atoms with Crippen LogP contribution in [0.5, 0.6) is 0 Å². The van der Waals surface area contributed by atoms with Crippen molar-refractivity contribution in [1.82, 2.24) is 15.1 Å². The van der Waals surface area contributed by atoms with Crippen molar-refractivity contribution in [2.75, 3.05) is 33.7 Å². The van der Waals surface area contributed by atoms with Gasteiger partial charge in [0.15, 0.2) is 5.96 Å². The molecule has 1 N–H and O–H groups in total. The molecule has 10 heteroatoms. The van der Waals surface area contributed by atoms with Crippen LogP contribution in [0.1, 0.15) is 12.5 Å². The topological polar surface area (TPSA) is 47.9 Å². The molecule has 0 aromatic heterocycles. The lowest BCUT2D eigenvalue weighted by molar-refractivity contribution is -0.157. The summed E-state index contributed by atoms with van der Waals surface area (Å²) in [7, 11) is 2.88. The maximum Gasteiger partial charge on any atom is 0.406 e. The molecule has 0 atom stereocenters. The van der Waals surface area contributed by atoms with Crippen LogP contribution in [0, 0.1) is 0 Å². The average Bonchev–Trinajstić information content (AvgIpc) is 2.49. The lowest BCUT2D eigenvalue weighted by Crippen LogP contribution is -2.41. The fourth-order valence-electron chi connectivity index (χ4n) is 2.07. The fraction of sp³-hybridized carbons (Fsp3) is 0.500. The first-order valence-corrected chi connectivity index (χ1v) is 8.04. The molecule has 0 saturated carbocycles. The van der Waals surface area contributed by atoms with E-state index in [0.717, 1.165) is 12.6 Å². The van der Waals surface area contributed by atoms with Gasteiger partial charge >= 0.3 is 6.18 Å². The molecule has 0 aliphatic heterocycles. The third-order valence-corrected chi connectivity index (χ3v) is 3.45. The normalized spacial score (nSPS) is 11.6. The maximum absolute atomic E-state index is 12.3. The van der Waals surface area contributed by atoms with Gasteiger partial charge in [-0.3, -0.25) is 4.79 Å². The standard InChI is InChI=1S/C16H22ClF3N4O.HI/c1-4-21-15(22-9-14(25)24(3)11-16(18,19)20)23(2)10-12-6-5-7-13(17)8-12;/h5-8H,4,9-11H2,1-3H3,(H,21,22);1H. The maximum atomic E-state index is 12.3. The van der Waals surface area contributed by atoms with Gasteiger partial charge in [-0.1, -0.05) is 23.7 Å². The lowest BCUT2D eigenvalue weighted by atomic mass is 10.2. The third-order valence-electron chi connectivity index (χ3n) is 3.21. The van der Waals surface area contributed by atoms with Gasteiger partial charge in [0.1, 0.15) is 13.1 Å². The van der Waals surface area contributed by atoms with Gasteiger partial charge in [0.05, 0.1) is 0 Å². The van der Waals surface area contributed by atoms with Crippen molar-refractivity contribution >= 4 is 47.4 Å². The number of nitrogens with zero attached hydrogens (tertiary/aromatic N) is 3. The first kappa shape index (κ1) is 24.8. The molecule has 148 valence electrons. The van der Waals surface area contributed by atoms with Crippen molar-refractivity contribution in [3.8, 4) is 0 Å². The molecule has 0 fully saturated rings. The third kappa shape index (κ3) is 9.46. The average molecular weight is 507 g/mol. The number of guanidine groups is 1. The van der Waals surface area contributed by atoms with Crippen LogP contribution in [0.3, 0.4) is 0 Å². The molecule has 1 aromatic carbocycles. The van der Waals surface area contributed by atoms with E-state index in [4.69, 9.17) is 11.6 Å². The van der Waals surface area contributed by atoms with Crippen LogP contribution in [-0.2, 0) is 11.3 Å². The number of alkyl halides is 3. The fourth-order valence-corrected chi connectivity index (χ4v) is 2.29. The Morgan fingerprint density at radius 1 is 1.27 bits per heavy atom. The van der Waals surface area contributed by atoms with Gasteiger partial charge in [-0.25, -0.2) is 4.99 Å². The van der Waals surface area contributed by atoms with Crippen molar-refractivity contribution in [3.05, 3.63) is 34.9 Å². The quantitative estimate of drug-likeness (QED) is 0.366. The molecule has 0 unspecified atom stereocenters. The molecular formula is C16H23ClF3IN4O. The Balaban J connectivity index is 0.00000625. The largest absolute Gasteiger partial charge is 0.406 e. The number of amides is 1. The summed E-state index contributed by atoms with van der Waals surface area (Å²) >= 11 is 5.95. The van der Waals surface area contributed by atoms with E-state index in [-0.39, 0.29) is 30.5 Å². The van der Waals surface area contributed by atoms with Crippen LogP contribution in [0.15, 0.2) is 29.3 Å². The molecule has 0 radical (unpaired) electrons. The second-order valence-corrected chi connectivity index (χ2v) is 5.96. The molecule has 26 heavy (non-hydrogen) atoms. The van der Waals surface area contributed by atoms with E-state index in [9.17, 15) is 18.0 Å². The molecule has 1 aromatic rings. The van der Waals surface area contributed by atoms with E-state index in [1.54, 1.807) is 18.0 Å². The summed E-state index contributed by atoms with van der Waals surface area (Å²) in [6.45, 7) is 1.25. The Morgan fingerprint density at radius 3 is 2.46 bits per heavy atom. The van der Waals surface area contributed by atoms with E-state index >= 15 is 0 Å². The summed E-state index contributed by atoms with van der Waals surface area (Å²) in [6, 6.07) is 7.29. The van der Waals surface area contributed by atoms with Crippen LogP contribution < -0.4 is 5.32 Å². The summed E-state index contributed by atoms with van der Waals surface area (Å²) in [6.07, 6.45) is -4.43. The molecule has 0 spiro atoms. The van der Waals surface area contributed by atoms with Gasteiger partial charge in [0, 0.05) is 32.2 Å². The minimum absolute atomic E-state index is 0. The van der Waals surface area contributed by atoms with Gasteiger partial charge in [-0.05, 0) is 24.6 Å². The Hall–Kier alpha value is -1.23. The van der Waals surface area contributed by atoms with Gasteiger partial charge < -0.3 is 15.1 Å². The number of carbonyl (C=O) groups excluding carboxylic acids is 1. The highest BCUT2D eigenvalue weighted by atomic mass is 127. The van der Waals surface area contributed by atoms with Gasteiger partial charge in [-0.15, -0.1) is 24.0 Å². The number of nitrogens with one attached hydrogen (secondary N) is 1. The summed E-state index contributed by atoms with van der Waals surface area (Å²) in [5, 5.41) is 3.62. The van der Waals surface area contributed by atoms with E-state index in [0.29, 0.717) is 29.0 Å². The van der Waals surface area contributed by atoms with Crippen molar-refractivity contribution < 1.29 is 18.0 Å². The number of hydrogen-bond acceptors (Lipinski definition) is 2. The predicted molar refractivity (Wildman–Crippen MR) is 108 cm³/mol. The molecule has 5 nitrogen and oxygen atoms in total. The van der Waals surface area contributed by atoms with E-state index in [1.807, 2.05) is 25.1 Å². The van der Waals surface area contributed by atoms with Crippen LogP contribution in [0.2, 0.25) is 5.02 Å². The van der Waals surface area contributed by atoms with Crippen LogP contribution in [-0.4, -0.2) is 61.6 Å². The molecule has 0 heterocycles. The number of hydrogen-bond donors (Lipinski definition) is 1. The highest BCUT2D eigenvalue weighted by Gasteiger charge is 2.31. The van der Waals surface area contributed by atoms with Crippen LogP contribution in [0.4, 0.5) is 13.2 Å². The van der Waals surface area contributed by atoms with Gasteiger partial charge in [0.25, 0.3) is 0 Å². The zero-order valence-electron chi connectivity index (χ0n) is 14.8. The number of benzene rings is 1. The minimum atomic E-state index is -4.43. The number of rotatable bonds is 6. The SMILES string of the molecule is CCNC(=NCC(=O)N(C)CC(F)(F)F)N(C)Cc1cccc(Cl)c1.I. The predicted octanol–water partition coefficient (Wildman–Crippen LogP) is 3.38. The summed E-state index contributed by atoms with van der Waals surface area (Å²) in [5.74, 6) is -0.278. The summed E-state index contributed by atoms with van der Waals surface area (Å²) in [4.78, 5) is 18.3. The van der Waals surface area contributed by atoms with E-state index in [2.05, 4.69) is 10.3 Å². The Morgan fingerprint density at radius 2 is 1.92 bits per heavy atom. The lowest BCUT2D eigenvalue weighted by Gasteiger charge is -2.23. The molecule has 1 rings (SSSR count). The Bertz CT molecular complexity index is 613. The smallest absolute Gasteiger partial charge is 0.357 e. The van der Waals surface area contributed by atoms with Gasteiger partial charge in [0.2, 0.25) is 5.91 Å². The molecule has 0 aliphatic carbocycles. The number of aliphatic imine (C=N–C) groups is 1. The molecule has 0 saturated heterocycles. The zero-order chi connectivity index (χ0) is 19.0. The van der Waals surface area contributed by atoms with Crippen molar-refractivity contribution in [2.24, 2.45) is 4.99 Å². The molecule has 0 aliphatic rings. The molecular weight excluding hydrogens is 484 g/mol. The molecule has 0 bridgehead atoms. The monoisotopic (exact) mass is 506 g/mol. The number of carbonyl (C=O) groups is 1. The number of likely N-dealkylation sites (N-methyl/N-ethyl adjacent to an activating group) is 1.